The van der Waals surface area contributed by atoms with Crippen molar-refractivity contribution < 1.29 is 4.74 Å². The van der Waals surface area contributed by atoms with Gasteiger partial charge in [0.15, 0.2) is 0 Å². The van der Waals surface area contributed by atoms with Crippen molar-refractivity contribution in [3.05, 3.63) is 0 Å². The molecular weight excluding hydrogens is 200 g/mol. The van der Waals surface area contributed by atoms with Crippen molar-refractivity contribution in [2.24, 2.45) is 11.1 Å². The van der Waals surface area contributed by atoms with Crippen molar-refractivity contribution in [2.75, 3.05) is 26.7 Å². The van der Waals surface area contributed by atoms with Gasteiger partial charge in [0.2, 0.25) is 0 Å². The Morgan fingerprint density at radius 2 is 1.81 bits per heavy atom. The van der Waals surface area contributed by atoms with Gasteiger partial charge in [0, 0.05) is 19.2 Å². The molecule has 0 aromatic heterocycles. The molecule has 3 nitrogen and oxygen atoms in total. The molecule has 2 fully saturated rings. The standard InChI is InChI=1S/C13H26N2O/c1-12(2)4-6-15(7-5-12)13(10-14)8-11(9-13)16-3/h11H,4-10,14H2,1-3H3. The minimum absolute atomic E-state index is 0.261. The summed E-state index contributed by atoms with van der Waals surface area (Å²) in [6.07, 6.45) is 5.29. The Hall–Kier alpha value is -0.120. The van der Waals surface area contributed by atoms with E-state index >= 15 is 0 Å². The van der Waals surface area contributed by atoms with E-state index in [9.17, 15) is 0 Å². The fourth-order valence-corrected chi connectivity index (χ4v) is 3.09. The van der Waals surface area contributed by atoms with Crippen LogP contribution in [0.4, 0.5) is 0 Å². The zero-order chi connectivity index (χ0) is 11.8. The van der Waals surface area contributed by atoms with Crippen LogP contribution in [0.15, 0.2) is 0 Å². The fraction of sp³-hybridized carbons (Fsp3) is 1.00. The summed E-state index contributed by atoms with van der Waals surface area (Å²) in [7, 11) is 1.81. The Balaban J connectivity index is 1.92. The molecule has 1 saturated carbocycles. The first kappa shape index (κ1) is 12.3. The largest absolute Gasteiger partial charge is 0.381 e. The van der Waals surface area contributed by atoms with Gasteiger partial charge in [-0.05, 0) is 44.2 Å². The Kier molecular flexibility index (Phi) is 3.30. The van der Waals surface area contributed by atoms with E-state index in [4.69, 9.17) is 10.5 Å². The molecule has 0 amide bonds. The summed E-state index contributed by atoms with van der Waals surface area (Å²) in [4.78, 5) is 2.62. The van der Waals surface area contributed by atoms with E-state index in [0.717, 1.165) is 19.4 Å². The van der Waals surface area contributed by atoms with Crippen LogP contribution in [0.25, 0.3) is 0 Å². The van der Waals surface area contributed by atoms with Crippen molar-refractivity contribution in [2.45, 2.75) is 51.2 Å². The molecule has 0 aromatic rings. The van der Waals surface area contributed by atoms with Crippen LogP contribution in [0.3, 0.4) is 0 Å². The normalized spacial score (nSPS) is 39.4. The van der Waals surface area contributed by atoms with E-state index in [2.05, 4.69) is 18.7 Å². The third-order valence-corrected chi connectivity index (χ3v) is 4.72. The molecule has 0 radical (unpaired) electrons. The Labute approximate surface area is 99.3 Å². The maximum absolute atomic E-state index is 5.99. The zero-order valence-electron chi connectivity index (χ0n) is 11.0. The molecule has 0 aromatic carbocycles. The molecule has 0 atom stereocenters. The number of hydrogen-bond acceptors (Lipinski definition) is 3. The van der Waals surface area contributed by atoms with Gasteiger partial charge in [0.05, 0.1) is 6.10 Å². The first-order valence-corrected chi connectivity index (χ1v) is 6.49. The van der Waals surface area contributed by atoms with Gasteiger partial charge >= 0.3 is 0 Å². The van der Waals surface area contributed by atoms with Crippen LogP contribution in [0, 0.1) is 5.41 Å². The van der Waals surface area contributed by atoms with Crippen molar-refractivity contribution in [1.82, 2.24) is 4.90 Å². The molecule has 16 heavy (non-hydrogen) atoms. The quantitative estimate of drug-likeness (QED) is 0.794. The lowest BCUT2D eigenvalue weighted by molar-refractivity contribution is -0.101. The van der Waals surface area contributed by atoms with E-state index in [1.807, 2.05) is 7.11 Å². The second-order valence-corrected chi connectivity index (χ2v) is 6.35. The van der Waals surface area contributed by atoms with Crippen molar-refractivity contribution in [3.63, 3.8) is 0 Å². The molecule has 1 aliphatic heterocycles. The molecule has 1 saturated heterocycles. The highest BCUT2D eigenvalue weighted by molar-refractivity contribution is 5.05. The number of methoxy groups -OCH3 is 1. The van der Waals surface area contributed by atoms with E-state index in [1.165, 1.54) is 25.9 Å². The summed E-state index contributed by atoms with van der Waals surface area (Å²) in [6, 6.07) is 0. The second kappa shape index (κ2) is 4.28. The highest BCUT2D eigenvalue weighted by atomic mass is 16.5. The predicted octanol–water partition coefficient (Wildman–Crippen LogP) is 1.61. The van der Waals surface area contributed by atoms with Crippen molar-refractivity contribution >= 4 is 0 Å². The van der Waals surface area contributed by atoms with Crippen molar-refractivity contribution in [3.8, 4) is 0 Å². The molecule has 94 valence electrons. The van der Waals surface area contributed by atoms with Crippen LogP contribution in [-0.4, -0.2) is 43.3 Å². The third kappa shape index (κ3) is 2.13. The van der Waals surface area contributed by atoms with Gasteiger partial charge < -0.3 is 10.5 Å². The average Bonchev–Trinajstić information content (AvgIpc) is 2.19. The predicted molar refractivity (Wildman–Crippen MR) is 66.4 cm³/mol. The average molecular weight is 226 g/mol. The first-order valence-electron chi connectivity index (χ1n) is 6.49. The summed E-state index contributed by atoms with van der Waals surface area (Å²) < 4.78 is 5.39. The van der Waals surface area contributed by atoms with E-state index < -0.39 is 0 Å². The highest BCUT2D eigenvalue weighted by Crippen LogP contribution is 2.42. The Bertz CT molecular complexity index is 236. The number of hydrogen-bond donors (Lipinski definition) is 1. The lowest BCUT2D eigenvalue weighted by Crippen LogP contribution is -2.65. The summed E-state index contributed by atoms with van der Waals surface area (Å²) in [5.41, 5.74) is 6.77. The molecule has 0 bridgehead atoms. The summed E-state index contributed by atoms with van der Waals surface area (Å²) in [6.45, 7) is 7.95. The number of ether oxygens (including phenoxy) is 1. The van der Waals surface area contributed by atoms with E-state index in [-0.39, 0.29) is 5.54 Å². The van der Waals surface area contributed by atoms with Gasteiger partial charge in [0.1, 0.15) is 0 Å². The topological polar surface area (TPSA) is 38.5 Å². The van der Waals surface area contributed by atoms with Crippen LogP contribution in [0.2, 0.25) is 0 Å². The van der Waals surface area contributed by atoms with Gasteiger partial charge in [-0.1, -0.05) is 13.8 Å². The Morgan fingerprint density at radius 1 is 1.25 bits per heavy atom. The molecular formula is C13H26N2O. The molecule has 1 heterocycles. The lowest BCUT2D eigenvalue weighted by Gasteiger charge is -2.56. The number of piperidine rings is 1. The van der Waals surface area contributed by atoms with Gasteiger partial charge in [-0.2, -0.15) is 0 Å². The van der Waals surface area contributed by atoms with Crippen molar-refractivity contribution in [1.29, 1.82) is 0 Å². The maximum atomic E-state index is 5.99. The molecule has 2 N–H and O–H groups in total. The molecule has 2 aliphatic rings. The van der Waals surface area contributed by atoms with Gasteiger partial charge in [-0.25, -0.2) is 0 Å². The number of likely N-dealkylation sites (tertiary alicyclic amines) is 1. The molecule has 0 unspecified atom stereocenters. The highest BCUT2D eigenvalue weighted by Gasteiger charge is 2.48. The van der Waals surface area contributed by atoms with E-state index in [1.54, 1.807) is 0 Å². The number of rotatable bonds is 3. The van der Waals surface area contributed by atoms with Gasteiger partial charge in [0.25, 0.3) is 0 Å². The Morgan fingerprint density at radius 3 is 2.25 bits per heavy atom. The number of nitrogens with zero attached hydrogens (tertiary/aromatic N) is 1. The third-order valence-electron chi connectivity index (χ3n) is 4.72. The van der Waals surface area contributed by atoms with Crippen LogP contribution < -0.4 is 5.73 Å². The van der Waals surface area contributed by atoms with Crippen LogP contribution >= 0.6 is 0 Å². The summed E-state index contributed by atoms with van der Waals surface area (Å²) >= 11 is 0. The van der Waals surface area contributed by atoms with Crippen LogP contribution in [-0.2, 0) is 4.74 Å². The number of nitrogens with two attached hydrogens (primary N) is 1. The summed E-state index contributed by atoms with van der Waals surface area (Å²) in [5.74, 6) is 0. The van der Waals surface area contributed by atoms with Crippen LogP contribution in [0.5, 0.6) is 0 Å². The first-order chi connectivity index (χ1) is 7.51. The fourth-order valence-electron chi connectivity index (χ4n) is 3.09. The smallest absolute Gasteiger partial charge is 0.0607 e. The second-order valence-electron chi connectivity index (χ2n) is 6.35. The van der Waals surface area contributed by atoms with Gasteiger partial charge in [-0.15, -0.1) is 0 Å². The molecule has 0 spiro atoms. The lowest BCUT2D eigenvalue weighted by atomic mass is 9.70. The SMILES string of the molecule is COC1CC(CN)(N2CCC(C)(C)CC2)C1. The minimum atomic E-state index is 0.261. The van der Waals surface area contributed by atoms with Gasteiger partial charge in [-0.3, -0.25) is 4.90 Å². The van der Waals surface area contributed by atoms with Crippen LogP contribution in [0.1, 0.15) is 39.5 Å². The molecule has 2 rings (SSSR count). The summed E-state index contributed by atoms with van der Waals surface area (Å²) in [5, 5.41) is 0. The monoisotopic (exact) mass is 226 g/mol. The molecule has 3 heteroatoms. The zero-order valence-corrected chi connectivity index (χ0v) is 11.0. The minimum Gasteiger partial charge on any atom is -0.381 e. The molecule has 1 aliphatic carbocycles. The maximum Gasteiger partial charge on any atom is 0.0607 e. The van der Waals surface area contributed by atoms with E-state index in [0.29, 0.717) is 11.5 Å².